The summed E-state index contributed by atoms with van der Waals surface area (Å²) in [6.45, 7) is 16.5. The lowest BCUT2D eigenvalue weighted by atomic mass is 9.44. The van der Waals surface area contributed by atoms with Crippen LogP contribution in [-0.4, -0.2) is 11.3 Å². The molecule has 4 nitrogen and oxygen atoms in total. The van der Waals surface area contributed by atoms with Crippen LogP contribution in [0, 0.1) is 0 Å². The monoisotopic (exact) mass is 915 g/mol. The molecule has 71 heavy (non-hydrogen) atoms. The molecular weight excluding hydrogens is 862 g/mol. The van der Waals surface area contributed by atoms with E-state index >= 15 is 0 Å². The molecule has 2 aliphatic heterocycles. The lowest BCUT2D eigenvalue weighted by Crippen LogP contribution is -2.57. The van der Waals surface area contributed by atoms with E-state index in [1.165, 1.54) is 72.2 Å². The molecule has 0 spiro atoms. The molecule has 0 saturated carbocycles. The van der Waals surface area contributed by atoms with Crippen LogP contribution in [0.1, 0.15) is 76.3 Å². The molecule has 0 N–H and O–H groups in total. The van der Waals surface area contributed by atoms with Crippen molar-refractivity contribution in [3.8, 4) is 22.3 Å². The average Bonchev–Trinajstić information content (AvgIpc) is 3.93. The molecule has 0 radical (unpaired) electrons. The summed E-state index contributed by atoms with van der Waals surface area (Å²) in [5.74, 6) is 0. The van der Waals surface area contributed by atoms with E-state index in [9.17, 15) is 0 Å². The third kappa shape index (κ3) is 5.87. The zero-order valence-corrected chi connectivity index (χ0v) is 41.4. The van der Waals surface area contributed by atoms with Crippen LogP contribution in [-0.2, 0) is 16.2 Å². The molecule has 0 bridgehead atoms. The Morgan fingerprint density at radius 1 is 0.465 bits per heavy atom. The molecule has 0 unspecified atom stereocenters. The normalized spacial score (nSPS) is 14.9. The molecule has 0 saturated heterocycles. The minimum Gasteiger partial charge on any atom is -0.454 e. The lowest BCUT2D eigenvalue weighted by Gasteiger charge is -2.47. The molecule has 4 heterocycles. The third-order valence-corrected chi connectivity index (χ3v) is 16.3. The smallest absolute Gasteiger partial charge is 0.333 e. The molecule has 9 aromatic carbocycles. The number of furan rings is 1. The minimum absolute atomic E-state index is 0.0672. The van der Waals surface area contributed by atoms with E-state index in [-0.39, 0.29) is 23.1 Å². The predicted molar refractivity (Wildman–Crippen MR) is 299 cm³/mol. The highest BCUT2D eigenvalue weighted by Gasteiger charge is 2.48. The van der Waals surface area contributed by atoms with E-state index in [0.717, 1.165) is 55.9 Å². The number of fused-ring (bicyclic) bond motifs is 11. The molecule has 2 aromatic heterocycles. The Labute approximate surface area is 416 Å². The quantitative estimate of drug-likeness (QED) is 0.161. The van der Waals surface area contributed by atoms with E-state index in [2.05, 4.69) is 263 Å². The minimum atomic E-state index is -0.279. The van der Waals surface area contributed by atoms with Crippen molar-refractivity contribution in [1.82, 2.24) is 4.48 Å². The summed E-state index contributed by atoms with van der Waals surface area (Å²) in [5.41, 5.74) is 24.6. The number of nitrogens with zero attached hydrogens (tertiary/aromatic N) is 3. The van der Waals surface area contributed by atoms with Gasteiger partial charge in [-0.3, -0.25) is 0 Å². The van der Waals surface area contributed by atoms with Crippen molar-refractivity contribution < 1.29 is 4.42 Å². The largest absolute Gasteiger partial charge is 0.454 e. The Kier molecular flexibility index (Phi) is 8.71. The van der Waals surface area contributed by atoms with Gasteiger partial charge in [0, 0.05) is 66.7 Å². The van der Waals surface area contributed by atoms with E-state index in [1.807, 2.05) is 0 Å². The Balaban J connectivity index is 1.18. The van der Waals surface area contributed by atoms with Gasteiger partial charge in [-0.2, -0.15) is 0 Å². The summed E-state index contributed by atoms with van der Waals surface area (Å²) in [6.07, 6.45) is 0. The lowest BCUT2D eigenvalue weighted by molar-refractivity contribution is 0.521. The molecule has 0 atom stereocenters. The number of para-hydroxylation sites is 4. The third-order valence-electron chi connectivity index (χ3n) is 16.3. The van der Waals surface area contributed by atoms with Crippen LogP contribution in [0.15, 0.2) is 205 Å². The summed E-state index contributed by atoms with van der Waals surface area (Å²) in [4.78, 5) is 5.09. The van der Waals surface area contributed by atoms with Crippen molar-refractivity contribution in [2.45, 2.75) is 64.7 Å². The number of benzene rings is 9. The van der Waals surface area contributed by atoms with Gasteiger partial charge < -0.3 is 18.7 Å². The predicted octanol–water partition coefficient (Wildman–Crippen LogP) is 16.4. The average molecular weight is 916 g/mol. The summed E-state index contributed by atoms with van der Waals surface area (Å²) >= 11 is 0. The van der Waals surface area contributed by atoms with Crippen molar-refractivity contribution >= 4 is 84.9 Å². The summed E-state index contributed by atoms with van der Waals surface area (Å²) in [5, 5.41) is 2.27. The van der Waals surface area contributed by atoms with Gasteiger partial charge in [-0.1, -0.05) is 176 Å². The maximum absolute atomic E-state index is 6.98. The number of aromatic nitrogens is 1. The number of anilines is 6. The zero-order valence-electron chi connectivity index (χ0n) is 41.4. The molecule has 14 rings (SSSR count). The highest BCUT2D eigenvalue weighted by Crippen LogP contribution is 2.55. The van der Waals surface area contributed by atoms with Gasteiger partial charge in [0.05, 0.1) is 11.2 Å². The summed E-state index contributed by atoms with van der Waals surface area (Å²) in [7, 11) is 0. The SMILES string of the molecule is CC(C)(C)c1ccc(N2c3cc4c(cc3B3c5c(cc(N(c6ccccc6)c6ccccc6)cc52)-c2cccc5c6oc7ccccc7c6n3c25)C(C)(C)c2ccccc2C4(C)C)c(-c2ccccc2)c1. The van der Waals surface area contributed by atoms with Crippen LogP contribution in [0.25, 0.3) is 55.2 Å². The van der Waals surface area contributed by atoms with Gasteiger partial charge in [-0.05, 0) is 128 Å². The van der Waals surface area contributed by atoms with Crippen LogP contribution in [0.5, 0.6) is 0 Å². The van der Waals surface area contributed by atoms with E-state index in [1.54, 1.807) is 0 Å². The highest BCUT2D eigenvalue weighted by molar-refractivity contribution is 6.90. The second-order valence-corrected chi connectivity index (χ2v) is 22.1. The van der Waals surface area contributed by atoms with E-state index in [0.29, 0.717) is 0 Å². The van der Waals surface area contributed by atoms with E-state index in [4.69, 9.17) is 4.42 Å². The second-order valence-electron chi connectivity index (χ2n) is 22.1. The van der Waals surface area contributed by atoms with Crippen molar-refractivity contribution in [2.75, 3.05) is 9.80 Å². The maximum Gasteiger partial charge on any atom is 0.333 e. The molecule has 0 fully saturated rings. The molecule has 1 aliphatic carbocycles. The van der Waals surface area contributed by atoms with E-state index < -0.39 is 0 Å². The van der Waals surface area contributed by atoms with Gasteiger partial charge >= 0.3 is 6.85 Å². The van der Waals surface area contributed by atoms with Crippen LogP contribution in [0.3, 0.4) is 0 Å². The van der Waals surface area contributed by atoms with Crippen LogP contribution in [0.4, 0.5) is 34.1 Å². The van der Waals surface area contributed by atoms with Gasteiger partial charge in [0.25, 0.3) is 0 Å². The zero-order chi connectivity index (χ0) is 48.1. The maximum atomic E-state index is 6.98. The first-order chi connectivity index (χ1) is 34.4. The second kappa shape index (κ2) is 14.8. The summed E-state index contributed by atoms with van der Waals surface area (Å²) < 4.78 is 9.65. The fourth-order valence-corrected chi connectivity index (χ4v) is 12.9. The van der Waals surface area contributed by atoms with Crippen molar-refractivity contribution in [2.24, 2.45) is 0 Å². The molecule has 3 aliphatic rings. The Morgan fingerprint density at radius 2 is 1.07 bits per heavy atom. The molecule has 0 amide bonds. The van der Waals surface area contributed by atoms with Crippen LogP contribution < -0.4 is 20.7 Å². The van der Waals surface area contributed by atoms with Crippen molar-refractivity contribution in [3.05, 3.63) is 228 Å². The first kappa shape index (κ1) is 41.9. The van der Waals surface area contributed by atoms with Gasteiger partial charge in [0.2, 0.25) is 0 Å². The fourth-order valence-electron chi connectivity index (χ4n) is 12.9. The van der Waals surface area contributed by atoms with Gasteiger partial charge in [0.1, 0.15) is 5.58 Å². The first-order valence-electron chi connectivity index (χ1n) is 25.2. The molecule has 342 valence electrons. The van der Waals surface area contributed by atoms with Crippen molar-refractivity contribution in [1.29, 1.82) is 0 Å². The summed E-state index contributed by atoms with van der Waals surface area (Å²) in [6, 6.07) is 74.8. The molecule has 11 aromatic rings. The Bertz CT molecular complexity index is 3950. The number of rotatable bonds is 5. The van der Waals surface area contributed by atoms with Crippen LogP contribution in [0.2, 0.25) is 0 Å². The standard InChI is InChI=1S/C66H54BN3O/c1-64(2,3)42-34-35-56(49(36-42)41-22-11-8-12-23-41)69-57-40-54-53(65(4,5)51-31-18-19-32-52(51)66(54,6)7)39-55(57)67-60-50(37-45(38-58(60)69)68(43-24-13-9-14-25-43)44-26-15-10-16-27-44)46-29-21-30-48-61(46)70(67)62-47-28-17-20-33-59(47)71-63(48)62/h8-40H,1-7H3. The van der Waals surface area contributed by atoms with Crippen LogP contribution >= 0.6 is 0 Å². The highest BCUT2D eigenvalue weighted by atomic mass is 16.3. The number of hydrogen-bond acceptors (Lipinski definition) is 3. The Hall–Kier alpha value is -8.02. The Morgan fingerprint density at radius 3 is 1.75 bits per heavy atom. The molecular formula is C66H54BN3O. The molecule has 5 heteroatoms. The van der Waals surface area contributed by atoms with Gasteiger partial charge in [-0.25, -0.2) is 0 Å². The van der Waals surface area contributed by atoms with Crippen molar-refractivity contribution in [3.63, 3.8) is 0 Å². The topological polar surface area (TPSA) is 24.6 Å². The number of hydrogen-bond donors (Lipinski definition) is 0. The first-order valence-corrected chi connectivity index (χ1v) is 25.2. The fraction of sp³-hybridized carbons (Fsp3) is 0.152. The van der Waals surface area contributed by atoms with Gasteiger partial charge in [-0.15, -0.1) is 0 Å². The van der Waals surface area contributed by atoms with Gasteiger partial charge in [0.15, 0.2) is 5.58 Å².